The van der Waals surface area contributed by atoms with E-state index in [2.05, 4.69) is 21.0 Å². The number of nitrogens with zero attached hydrogens (tertiary/aromatic N) is 2. The van der Waals surface area contributed by atoms with Crippen molar-refractivity contribution in [1.82, 2.24) is 15.6 Å². The number of aliphatic hydroxyl groups is 1. The highest BCUT2D eigenvalue weighted by Crippen LogP contribution is 2.31. The predicted octanol–water partition coefficient (Wildman–Crippen LogP) is 2.27. The number of guanidine groups is 1. The SMILES string of the molecule is CN=C(NCc1csc(-c2ccc(OC)cc2)n1)NCC1(CCO)CCOC1. The minimum Gasteiger partial charge on any atom is -0.497 e. The Bertz CT molecular complexity index is 770. The van der Waals surface area contributed by atoms with Crippen LogP contribution < -0.4 is 15.4 Å². The monoisotopic (exact) mass is 404 g/mol. The van der Waals surface area contributed by atoms with E-state index in [0.717, 1.165) is 54.0 Å². The van der Waals surface area contributed by atoms with Gasteiger partial charge in [0.25, 0.3) is 0 Å². The maximum absolute atomic E-state index is 9.35. The summed E-state index contributed by atoms with van der Waals surface area (Å²) in [6.07, 6.45) is 1.68. The summed E-state index contributed by atoms with van der Waals surface area (Å²) >= 11 is 1.62. The number of aromatic nitrogens is 1. The van der Waals surface area contributed by atoms with E-state index in [-0.39, 0.29) is 12.0 Å². The van der Waals surface area contributed by atoms with Crippen LogP contribution in [0.15, 0.2) is 34.6 Å². The second-order valence-electron chi connectivity index (χ2n) is 6.93. The minimum absolute atomic E-state index is 0.0193. The summed E-state index contributed by atoms with van der Waals surface area (Å²) in [7, 11) is 3.41. The van der Waals surface area contributed by atoms with Gasteiger partial charge in [0.1, 0.15) is 10.8 Å². The van der Waals surface area contributed by atoms with E-state index in [0.29, 0.717) is 13.2 Å². The molecule has 2 aromatic rings. The van der Waals surface area contributed by atoms with Gasteiger partial charge in [0.2, 0.25) is 0 Å². The first kappa shape index (κ1) is 20.6. The van der Waals surface area contributed by atoms with Gasteiger partial charge < -0.3 is 25.2 Å². The first-order chi connectivity index (χ1) is 13.7. The molecule has 0 spiro atoms. The third-order valence-electron chi connectivity index (χ3n) is 5.01. The van der Waals surface area contributed by atoms with E-state index in [1.54, 1.807) is 25.5 Å². The molecule has 1 aliphatic rings. The van der Waals surface area contributed by atoms with Crippen molar-refractivity contribution in [3.8, 4) is 16.3 Å². The van der Waals surface area contributed by atoms with Crippen LogP contribution in [0.25, 0.3) is 10.6 Å². The number of rotatable bonds is 8. The average Bonchev–Trinajstić information content (AvgIpc) is 3.39. The first-order valence-corrected chi connectivity index (χ1v) is 10.3. The second-order valence-corrected chi connectivity index (χ2v) is 7.79. The van der Waals surface area contributed by atoms with Crippen molar-refractivity contribution in [3.63, 3.8) is 0 Å². The highest BCUT2D eigenvalue weighted by Gasteiger charge is 2.34. The van der Waals surface area contributed by atoms with Gasteiger partial charge in [0.15, 0.2) is 5.96 Å². The van der Waals surface area contributed by atoms with Gasteiger partial charge >= 0.3 is 0 Å². The van der Waals surface area contributed by atoms with Gasteiger partial charge in [-0.25, -0.2) is 4.98 Å². The third kappa shape index (κ3) is 5.21. The van der Waals surface area contributed by atoms with Crippen LogP contribution in [0.3, 0.4) is 0 Å². The molecule has 1 saturated heterocycles. The molecule has 0 saturated carbocycles. The average molecular weight is 405 g/mol. The van der Waals surface area contributed by atoms with Crippen LogP contribution in [-0.2, 0) is 11.3 Å². The summed E-state index contributed by atoms with van der Waals surface area (Å²) in [5.41, 5.74) is 2.02. The fourth-order valence-electron chi connectivity index (χ4n) is 3.23. The van der Waals surface area contributed by atoms with Gasteiger partial charge in [-0.2, -0.15) is 0 Å². The molecule has 3 N–H and O–H groups in total. The van der Waals surface area contributed by atoms with Crippen LogP contribution in [0.5, 0.6) is 5.75 Å². The van der Waals surface area contributed by atoms with Crippen molar-refractivity contribution < 1.29 is 14.6 Å². The number of hydrogen-bond donors (Lipinski definition) is 3. The van der Waals surface area contributed by atoms with Crippen molar-refractivity contribution in [2.24, 2.45) is 10.4 Å². The van der Waals surface area contributed by atoms with Crippen molar-refractivity contribution in [1.29, 1.82) is 0 Å². The van der Waals surface area contributed by atoms with Gasteiger partial charge in [-0.15, -0.1) is 11.3 Å². The number of benzene rings is 1. The summed E-state index contributed by atoms with van der Waals surface area (Å²) in [6, 6.07) is 7.91. The van der Waals surface area contributed by atoms with Gasteiger partial charge in [-0.1, -0.05) is 0 Å². The van der Waals surface area contributed by atoms with E-state index in [9.17, 15) is 5.11 Å². The summed E-state index contributed by atoms with van der Waals surface area (Å²) in [6.45, 7) is 2.91. The minimum atomic E-state index is -0.0193. The lowest BCUT2D eigenvalue weighted by molar-refractivity contribution is 0.127. The van der Waals surface area contributed by atoms with Crippen LogP contribution in [0, 0.1) is 5.41 Å². The Morgan fingerprint density at radius 1 is 1.36 bits per heavy atom. The molecule has 3 rings (SSSR count). The summed E-state index contributed by atoms with van der Waals surface area (Å²) < 4.78 is 10.7. The van der Waals surface area contributed by atoms with E-state index < -0.39 is 0 Å². The molecule has 8 heteroatoms. The van der Waals surface area contributed by atoms with Gasteiger partial charge in [0.05, 0.1) is 26.0 Å². The molecule has 0 amide bonds. The normalized spacial score (nSPS) is 19.6. The van der Waals surface area contributed by atoms with E-state index in [1.165, 1.54) is 0 Å². The van der Waals surface area contributed by atoms with Crippen LogP contribution >= 0.6 is 11.3 Å². The number of methoxy groups -OCH3 is 1. The van der Waals surface area contributed by atoms with Crippen molar-refractivity contribution in [3.05, 3.63) is 35.3 Å². The highest BCUT2D eigenvalue weighted by atomic mass is 32.1. The number of aliphatic imine (C=N–C) groups is 1. The van der Waals surface area contributed by atoms with Crippen LogP contribution in [0.1, 0.15) is 18.5 Å². The fraction of sp³-hybridized carbons (Fsp3) is 0.500. The molecule has 7 nitrogen and oxygen atoms in total. The molecule has 28 heavy (non-hydrogen) atoms. The lowest BCUT2D eigenvalue weighted by Crippen LogP contribution is -2.44. The Balaban J connectivity index is 1.53. The van der Waals surface area contributed by atoms with E-state index >= 15 is 0 Å². The van der Waals surface area contributed by atoms with Crippen molar-refractivity contribution in [2.75, 3.05) is 40.5 Å². The Labute approximate surface area is 169 Å². The molecule has 1 unspecified atom stereocenters. The molecule has 2 heterocycles. The zero-order chi connectivity index (χ0) is 19.8. The molecular weight excluding hydrogens is 376 g/mol. The topological polar surface area (TPSA) is 88.0 Å². The molecule has 0 bridgehead atoms. The maximum Gasteiger partial charge on any atom is 0.191 e. The smallest absolute Gasteiger partial charge is 0.191 e. The molecule has 1 aromatic heterocycles. The second kappa shape index (κ2) is 9.86. The zero-order valence-corrected chi connectivity index (χ0v) is 17.2. The Hall–Kier alpha value is -2.16. The van der Waals surface area contributed by atoms with Crippen LogP contribution in [-0.4, -0.2) is 56.6 Å². The number of ether oxygens (including phenoxy) is 2. The van der Waals surface area contributed by atoms with E-state index in [1.807, 2.05) is 24.3 Å². The summed E-state index contributed by atoms with van der Waals surface area (Å²) in [4.78, 5) is 8.99. The van der Waals surface area contributed by atoms with Crippen molar-refractivity contribution >= 4 is 17.3 Å². The quantitative estimate of drug-likeness (QED) is 0.462. The molecule has 152 valence electrons. The Morgan fingerprint density at radius 3 is 2.82 bits per heavy atom. The standard InChI is InChI=1S/C20H28N4O3S/c1-21-19(23-13-20(7-9-25)8-10-27-14-20)22-11-16-12-28-18(24-16)15-3-5-17(26-2)6-4-15/h3-6,12,25H,7-11,13-14H2,1-2H3,(H2,21,22,23). The summed E-state index contributed by atoms with van der Waals surface area (Å²) in [5, 5.41) is 19.1. The maximum atomic E-state index is 9.35. The molecule has 1 fully saturated rings. The zero-order valence-electron chi connectivity index (χ0n) is 16.4. The molecular formula is C20H28N4O3S. The van der Waals surface area contributed by atoms with Gasteiger partial charge in [-0.05, 0) is 37.1 Å². The number of thiazole rings is 1. The lowest BCUT2D eigenvalue weighted by Gasteiger charge is -2.27. The highest BCUT2D eigenvalue weighted by molar-refractivity contribution is 7.13. The van der Waals surface area contributed by atoms with Crippen LogP contribution in [0.4, 0.5) is 0 Å². The largest absolute Gasteiger partial charge is 0.497 e. The number of nitrogens with one attached hydrogen (secondary N) is 2. The Kier molecular flexibility index (Phi) is 7.24. The number of aliphatic hydroxyl groups excluding tert-OH is 1. The van der Waals surface area contributed by atoms with Crippen molar-refractivity contribution in [2.45, 2.75) is 19.4 Å². The predicted molar refractivity (Wildman–Crippen MR) is 112 cm³/mol. The van der Waals surface area contributed by atoms with Crippen LogP contribution in [0.2, 0.25) is 0 Å². The number of hydrogen-bond acceptors (Lipinski definition) is 6. The first-order valence-electron chi connectivity index (χ1n) is 9.40. The molecule has 1 aromatic carbocycles. The van der Waals surface area contributed by atoms with Gasteiger partial charge in [0, 0.05) is 43.2 Å². The molecule has 0 radical (unpaired) electrons. The van der Waals surface area contributed by atoms with E-state index in [4.69, 9.17) is 14.5 Å². The molecule has 0 aliphatic carbocycles. The Morgan fingerprint density at radius 2 is 2.18 bits per heavy atom. The van der Waals surface area contributed by atoms with Gasteiger partial charge in [-0.3, -0.25) is 4.99 Å². The lowest BCUT2D eigenvalue weighted by atomic mass is 9.84. The summed E-state index contributed by atoms with van der Waals surface area (Å²) in [5.74, 6) is 1.56. The molecule has 1 aliphatic heterocycles. The third-order valence-corrected chi connectivity index (χ3v) is 5.95. The fourth-order valence-corrected chi connectivity index (χ4v) is 4.06. The molecule has 1 atom stereocenters.